The summed E-state index contributed by atoms with van der Waals surface area (Å²) in [7, 11) is 0. The average Bonchev–Trinajstić information content (AvgIpc) is 2.65. The first-order valence-corrected chi connectivity index (χ1v) is 10.9. The molecule has 1 aliphatic carbocycles. The van der Waals surface area contributed by atoms with E-state index in [0.29, 0.717) is 31.5 Å². The van der Waals surface area contributed by atoms with Crippen LogP contribution >= 0.6 is 0 Å². The fourth-order valence-electron chi connectivity index (χ4n) is 4.11. The third-order valence-corrected chi connectivity index (χ3v) is 5.65. The summed E-state index contributed by atoms with van der Waals surface area (Å²) in [4.78, 5) is 0. The number of aryl methyl sites for hydroxylation is 1. The Kier molecular flexibility index (Phi) is 9.11. The molecule has 0 fully saturated rings. The molecule has 1 aromatic rings. The molecule has 2 unspecified atom stereocenters. The molecule has 0 saturated heterocycles. The third-order valence-electron chi connectivity index (χ3n) is 5.65. The molecule has 0 spiro atoms. The first-order valence-electron chi connectivity index (χ1n) is 10.9. The Bertz CT molecular complexity index is 675. The lowest BCUT2D eigenvalue weighted by Crippen LogP contribution is -2.18. The number of allylic oxidation sites excluding steroid dienone is 3. The maximum absolute atomic E-state index is 11.0. The molecule has 1 N–H and O–H groups in total. The van der Waals surface area contributed by atoms with Crippen molar-refractivity contribution < 1.29 is 14.6 Å². The van der Waals surface area contributed by atoms with E-state index in [2.05, 4.69) is 39.5 Å². The predicted octanol–water partition coefficient (Wildman–Crippen LogP) is 6.56. The standard InChI is InChI=1S/C25H38O3/c1-6-8-9-10-20-16-23(26)25(24(17-20)28-14-13-27-7-2)22-15-19(5)11-12-21(22)18(3)4/h15-17,21-22,26H,3,6-14H2,1-2,4-5H3. The molecule has 156 valence electrons. The van der Waals surface area contributed by atoms with Crippen LogP contribution in [0.1, 0.15) is 76.8 Å². The van der Waals surface area contributed by atoms with Crippen LogP contribution in [0.25, 0.3) is 0 Å². The molecular formula is C25H38O3. The number of hydrogen-bond donors (Lipinski definition) is 1. The SMILES string of the molecule is C=C(C)C1CCC(C)=CC1c1c(O)cc(CCCCC)cc1OCCOCC. The highest BCUT2D eigenvalue weighted by molar-refractivity contribution is 5.52. The van der Waals surface area contributed by atoms with Gasteiger partial charge in [-0.2, -0.15) is 0 Å². The van der Waals surface area contributed by atoms with Gasteiger partial charge in [0, 0.05) is 18.1 Å². The van der Waals surface area contributed by atoms with Gasteiger partial charge >= 0.3 is 0 Å². The molecule has 0 bridgehead atoms. The van der Waals surface area contributed by atoms with Crippen molar-refractivity contribution in [2.24, 2.45) is 5.92 Å². The van der Waals surface area contributed by atoms with E-state index in [0.717, 1.165) is 42.6 Å². The van der Waals surface area contributed by atoms with E-state index in [1.807, 2.05) is 13.0 Å². The molecule has 0 heterocycles. The molecule has 0 radical (unpaired) electrons. The molecule has 28 heavy (non-hydrogen) atoms. The number of ether oxygens (including phenoxy) is 2. The third kappa shape index (κ3) is 6.13. The highest BCUT2D eigenvalue weighted by Gasteiger charge is 2.30. The lowest BCUT2D eigenvalue weighted by molar-refractivity contribution is 0.109. The summed E-state index contributed by atoms with van der Waals surface area (Å²) in [5, 5.41) is 11.0. The van der Waals surface area contributed by atoms with E-state index >= 15 is 0 Å². The van der Waals surface area contributed by atoms with Crippen molar-refractivity contribution in [1.29, 1.82) is 0 Å². The summed E-state index contributed by atoms with van der Waals surface area (Å²) in [5.74, 6) is 1.59. The normalized spacial score (nSPS) is 19.4. The molecule has 3 heteroatoms. The van der Waals surface area contributed by atoms with Crippen molar-refractivity contribution >= 4 is 0 Å². The molecule has 0 amide bonds. The number of hydrogen-bond acceptors (Lipinski definition) is 3. The zero-order valence-corrected chi connectivity index (χ0v) is 18.2. The van der Waals surface area contributed by atoms with E-state index in [9.17, 15) is 5.11 Å². The number of benzene rings is 1. The zero-order chi connectivity index (χ0) is 20.5. The molecule has 0 aliphatic heterocycles. The second-order valence-corrected chi connectivity index (χ2v) is 8.06. The van der Waals surface area contributed by atoms with Crippen molar-refractivity contribution in [2.75, 3.05) is 19.8 Å². The summed E-state index contributed by atoms with van der Waals surface area (Å²) in [6, 6.07) is 4.07. The van der Waals surface area contributed by atoms with Gasteiger partial charge in [-0.1, -0.05) is 43.6 Å². The lowest BCUT2D eigenvalue weighted by Gasteiger charge is -2.32. The van der Waals surface area contributed by atoms with Gasteiger partial charge in [-0.3, -0.25) is 0 Å². The van der Waals surface area contributed by atoms with Gasteiger partial charge in [0.15, 0.2) is 0 Å². The number of rotatable bonds is 11. The zero-order valence-electron chi connectivity index (χ0n) is 18.2. The largest absolute Gasteiger partial charge is 0.507 e. The minimum atomic E-state index is 0.109. The van der Waals surface area contributed by atoms with Gasteiger partial charge in [0.25, 0.3) is 0 Å². The minimum absolute atomic E-state index is 0.109. The summed E-state index contributed by atoms with van der Waals surface area (Å²) < 4.78 is 11.6. The highest BCUT2D eigenvalue weighted by Crippen LogP contribution is 2.47. The number of unbranched alkanes of at least 4 members (excludes halogenated alkanes) is 2. The van der Waals surface area contributed by atoms with Gasteiger partial charge in [0.2, 0.25) is 0 Å². The van der Waals surface area contributed by atoms with Gasteiger partial charge in [-0.25, -0.2) is 0 Å². The summed E-state index contributed by atoms with van der Waals surface area (Å²) >= 11 is 0. The Hall–Kier alpha value is -1.74. The first kappa shape index (κ1) is 22.5. The van der Waals surface area contributed by atoms with Gasteiger partial charge in [0.05, 0.1) is 6.61 Å². The van der Waals surface area contributed by atoms with Crippen LogP contribution in [0.2, 0.25) is 0 Å². The van der Waals surface area contributed by atoms with E-state index in [1.54, 1.807) is 0 Å². The maximum Gasteiger partial charge on any atom is 0.127 e. The van der Waals surface area contributed by atoms with E-state index in [-0.39, 0.29) is 5.92 Å². The lowest BCUT2D eigenvalue weighted by atomic mass is 9.73. The van der Waals surface area contributed by atoms with Crippen LogP contribution in [0.4, 0.5) is 0 Å². The summed E-state index contributed by atoms with van der Waals surface area (Å²) in [6.07, 6.45) is 8.93. The fraction of sp³-hybridized carbons (Fsp3) is 0.600. The first-order chi connectivity index (χ1) is 13.5. The van der Waals surface area contributed by atoms with Crippen LogP contribution in [0.5, 0.6) is 11.5 Å². The number of phenols is 1. The molecule has 1 aliphatic rings. The Morgan fingerprint density at radius 3 is 2.68 bits per heavy atom. The van der Waals surface area contributed by atoms with Gasteiger partial charge in [-0.05, 0) is 70.1 Å². The molecular weight excluding hydrogens is 348 g/mol. The van der Waals surface area contributed by atoms with Crippen LogP contribution in [0.3, 0.4) is 0 Å². The monoisotopic (exact) mass is 386 g/mol. The fourth-order valence-corrected chi connectivity index (χ4v) is 4.11. The van der Waals surface area contributed by atoms with Crippen LogP contribution in [0.15, 0.2) is 35.9 Å². The van der Waals surface area contributed by atoms with Crippen LogP contribution in [0, 0.1) is 5.92 Å². The Morgan fingerprint density at radius 2 is 2.00 bits per heavy atom. The second-order valence-electron chi connectivity index (χ2n) is 8.06. The number of phenolic OH excluding ortho intramolecular Hbond substituents is 1. The molecule has 3 nitrogen and oxygen atoms in total. The van der Waals surface area contributed by atoms with Crippen molar-refractivity contribution in [2.45, 2.75) is 72.1 Å². The maximum atomic E-state index is 11.0. The van der Waals surface area contributed by atoms with Crippen LogP contribution in [-0.4, -0.2) is 24.9 Å². The van der Waals surface area contributed by atoms with Gasteiger partial charge in [-0.15, -0.1) is 0 Å². The quantitative estimate of drug-likeness (QED) is 0.346. The number of aromatic hydroxyl groups is 1. The van der Waals surface area contributed by atoms with Crippen LogP contribution in [-0.2, 0) is 11.2 Å². The smallest absolute Gasteiger partial charge is 0.127 e. The minimum Gasteiger partial charge on any atom is -0.507 e. The molecule has 0 saturated carbocycles. The predicted molar refractivity (Wildman–Crippen MR) is 117 cm³/mol. The van der Waals surface area contributed by atoms with E-state index < -0.39 is 0 Å². The Balaban J connectivity index is 2.38. The average molecular weight is 387 g/mol. The van der Waals surface area contributed by atoms with Crippen LogP contribution < -0.4 is 4.74 Å². The molecule has 2 rings (SSSR count). The van der Waals surface area contributed by atoms with E-state index in [4.69, 9.17) is 9.47 Å². The van der Waals surface area contributed by atoms with Crippen molar-refractivity contribution in [3.8, 4) is 11.5 Å². The Labute approximate surface area is 171 Å². The van der Waals surface area contributed by atoms with Gasteiger partial charge < -0.3 is 14.6 Å². The summed E-state index contributed by atoms with van der Waals surface area (Å²) in [5.41, 5.74) is 4.59. The van der Waals surface area contributed by atoms with E-state index in [1.165, 1.54) is 24.0 Å². The van der Waals surface area contributed by atoms with Crippen molar-refractivity contribution in [1.82, 2.24) is 0 Å². The molecule has 0 aromatic heterocycles. The molecule has 1 aromatic carbocycles. The van der Waals surface area contributed by atoms with Crippen molar-refractivity contribution in [3.05, 3.63) is 47.1 Å². The van der Waals surface area contributed by atoms with Crippen molar-refractivity contribution in [3.63, 3.8) is 0 Å². The highest BCUT2D eigenvalue weighted by atomic mass is 16.5. The van der Waals surface area contributed by atoms with Gasteiger partial charge in [0.1, 0.15) is 18.1 Å². The second kappa shape index (κ2) is 11.3. The topological polar surface area (TPSA) is 38.7 Å². The molecule has 2 atom stereocenters. The summed E-state index contributed by atoms with van der Waals surface area (Å²) in [6.45, 7) is 14.4. The Morgan fingerprint density at radius 1 is 1.21 bits per heavy atom.